The Hall–Kier alpha value is -2.76. The van der Waals surface area contributed by atoms with Crippen LogP contribution >= 0.6 is 0 Å². The first kappa shape index (κ1) is 17.1. The molecule has 0 radical (unpaired) electrons. The van der Waals surface area contributed by atoms with E-state index in [0.717, 1.165) is 31.2 Å². The number of nitrogens with zero attached hydrogens (tertiary/aromatic N) is 2. The SMILES string of the molecule is O=C(NCc1cccnc1)c1ccnc(C(=O)NC2CCCCC2)c1. The summed E-state index contributed by atoms with van der Waals surface area (Å²) < 4.78 is 0. The van der Waals surface area contributed by atoms with Crippen molar-refractivity contribution < 1.29 is 9.59 Å². The highest BCUT2D eigenvalue weighted by Gasteiger charge is 2.18. The number of nitrogens with one attached hydrogen (secondary N) is 2. The number of carbonyl (C=O) groups excluding carboxylic acids is 2. The minimum absolute atomic E-state index is 0.214. The number of aromatic nitrogens is 2. The van der Waals surface area contributed by atoms with Crippen LogP contribution in [0, 0.1) is 0 Å². The molecule has 0 aliphatic heterocycles. The molecule has 0 bridgehead atoms. The van der Waals surface area contributed by atoms with E-state index in [0.29, 0.717) is 12.1 Å². The lowest BCUT2D eigenvalue weighted by Gasteiger charge is -2.22. The normalized spacial score (nSPS) is 14.7. The molecule has 3 rings (SSSR count). The molecule has 1 saturated carbocycles. The smallest absolute Gasteiger partial charge is 0.270 e. The molecule has 0 unspecified atom stereocenters. The molecule has 2 N–H and O–H groups in total. The molecule has 0 spiro atoms. The molecule has 0 aromatic carbocycles. The van der Waals surface area contributed by atoms with E-state index in [1.54, 1.807) is 18.5 Å². The number of pyridine rings is 2. The van der Waals surface area contributed by atoms with Gasteiger partial charge in [0.15, 0.2) is 0 Å². The van der Waals surface area contributed by atoms with E-state index in [9.17, 15) is 9.59 Å². The number of rotatable bonds is 5. The lowest BCUT2D eigenvalue weighted by Crippen LogP contribution is -2.36. The van der Waals surface area contributed by atoms with E-state index < -0.39 is 0 Å². The second-order valence-electron chi connectivity index (χ2n) is 6.28. The largest absolute Gasteiger partial charge is 0.348 e. The van der Waals surface area contributed by atoms with Gasteiger partial charge in [-0.1, -0.05) is 25.3 Å². The van der Waals surface area contributed by atoms with Crippen LogP contribution in [-0.4, -0.2) is 27.8 Å². The molecule has 1 aliphatic rings. The number of carbonyl (C=O) groups is 2. The van der Waals surface area contributed by atoms with Crippen LogP contribution in [0.3, 0.4) is 0 Å². The van der Waals surface area contributed by atoms with E-state index in [2.05, 4.69) is 20.6 Å². The minimum Gasteiger partial charge on any atom is -0.348 e. The molecule has 130 valence electrons. The van der Waals surface area contributed by atoms with Gasteiger partial charge >= 0.3 is 0 Å². The Morgan fingerprint density at radius 2 is 1.92 bits per heavy atom. The molecule has 1 aliphatic carbocycles. The van der Waals surface area contributed by atoms with E-state index in [4.69, 9.17) is 0 Å². The van der Waals surface area contributed by atoms with Crippen molar-refractivity contribution in [3.05, 3.63) is 59.7 Å². The monoisotopic (exact) mass is 338 g/mol. The minimum atomic E-state index is -0.238. The summed E-state index contributed by atoms with van der Waals surface area (Å²) >= 11 is 0. The molecule has 0 saturated heterocycles. The number of hydrogen-bond donors (Lipinski definition) is 2. The molecular formula is C19H22N4O2. The van der Waals surface area contributed by atoms with Gasteiger partial charge in [-0.25, -0.2) is 0 Å². The standard InChI is InChI=1S/C19H22N4O2/c24-18(22-13-14-5-4-9-20-12-14)15-8-10-21-17(11-15)19(25)23-16-6-2-1-3-7-16/h4-5,8-12,16H,1-3,6-7,13H2,(H,22,24)(H,23,25). The van der Waals surface area contributed by atoms with Crippen molar-refractivity contribution >= 4 is 11.8 Å². The third-order valence-corrected chi connectivity index (χ3v) is 4.37. The van der Waals surface area contributed by atoms with Crippen molar-refractivity contribution in [2.75, 3.05) is 0 Å². The Labute approximate surface area is 147 Å². The van der Waals surface area contributed by atoms with Crippen LogP contribution in [0.15, 0.2) is 42.9 Å². The first-order chi connectivity index (χ1) is 12.2. The molecule has 1 fully saturated rings. The van der Waals surface area contributed by atoms with Crippen molar-refractivity contribution in [2.45, 2.75) is 44.7 Å². The van der Waals surface area contributed by atoms with Gasteiger partial charge < -0.3 is 10.6 Å². The Morgan fingerprint density at radius 3 is 2.68 bits per heavy atom. The van der Waals surface area contributed by atoms with Crippen LogP contribution in [0.5, 0.6) is 0 Å². The molecule has 2 aromatic heterocycles. The number of hydrogen-bond acceptors (Lipinski definition) is 4. The fraction of sp³-hybridized carbons (Fsp3) is 0.368. The average molecular weight is 338 g/mol. The van der Waals surface area contributed by atoms with Gasteiger partial charge in [-0.05, 0) is 36.6 Å². The van der Waals surface area contributed by atoms with E-state index >= 15 is 0 Å². The van der Waals surface area contributed by atoms with Crippen molar-refractivity contribution in [1.82, 2.24) is 20.6 Å². The van der Waals surface area contributed by atoms with Gasteiger partial charge in [-0.15, -0.1) is 0 Å². The summed E-state index contributed by atoms with van der Waals surface area (Å²) in [6.07, 6.45) is 10.4. The molecule has 25 heavy (non-hydrogen) atoms. The summed E-state index contributed by atoms with van der Waals surface area (Å²) in [5, 5.41) is 5.84. The van der Waals surface area contributed by atoms with Crippen LogP contribution in [-0.2, 0) is 6.54 Å². The zero-order valence-corrected chi connectivity index (χ0v) is 14.1. The highest BCUT2D eigenvalue weighted by molar-refractivity contribution is 5.98. The highest BCUT2D eigenvalue weighted by atomic mass is 16.2. The van der Waals surface area contributed by atoms with Crippen molar-refractivity contribution in [1.29, 1.82) is 0 Å². The average Bonchev–Trinajstić information content (AvgIpc) is 2.68. The summed E-state index contributed by atoms with van der Waals surface area (Å²) in [6, 6.07) is 7.07. The lowest BCUT2D eigenvalue weighted by molar-refractivity contribution is 0.0922. The first-order valence-corrected chi connectivity index (χ1v) is 8.66. The van der Waals surface area contributed by atoms with Gasteiger partial charge in [0.1, 0.15) is 5.69 Å². The van der Waals surface area contributed by atoms with Crippen LogP contribution in [0.25, 0.3) is 0 Å². The predicted molar refractivity (Wildman–Crippen MR) is 94.0 cm³/mol. The second kappa shape index (κ2) is 8.37. The summed E-state index contributed by atoms with van der Waals surface area (Å²) in [7, 11) is 0. The van der Waals surface area contributed by atoms with Gasteiger partial charge in [-0.3, -0.25) is 19.6 Å². The van der Waals surface area contributed by atoms with Crippen molar-refractivity contribution in [3.8, 4) is 0 Å². The van der Waals surface area contributed by atoms with Gasteiger partial charge in [-0.2, -0.15) is 0 Å². The summed E-state index contributed by atoms with van der Waals surface area (Å²) in [5.74, 6) is -0.452. The summed E-state index contributed by atoms with van der Waals surface area (Å²) in [4.78, 5) is 32.8. The van der Waals surface area contributed by atoms with Crippen LogP contribution < -0.4 is 10.6 Å². The zero-order valence-electron chi connectivity index (χ0n) is 14.1. The zero-order chi connectivity index (χ0) is 17.5. The van der Waals surface area contributed by atoms with Gasteiger partial charge in [0.2, 0.25) is 0 Å². The Balaban J connectivity index is 1.60. The molecule has 2 amide bonds. The third kappa shape index (κ3) is 4.86. The molecular weight excluding hydrogens is 316 g/mol. The van der Waals surface area contributed by atoms with Crippen LogP contribution in [0.1, 0.15) is 58.5 Å². The first-order valence-electron chi connectivity index (χ1n) is 8.66. The van der Waals surface area contributed by atoms with Gasteiger partial charge in [0.05, 0.1) is 0 Å². The molecule has 6 nitrogen and oxygen atoms in total. The van der Waals surface area contributed by atoms with Gasteiger partial charge in [0, 0.05) is 36.7 Å². The van der Waals surface area contributed by atoms with Crippen molar-refractivity contribution in [2.24, 2.45) is 0 Å². The van der Waals surface area contributed by atoms with E-state index in [-0.39, 0.29) is 23.6 Å². The van der Waals surface area contributed by atoms with Gasteiger partial charge in [0.25, 0.3) is 11.8 Å². The summed E-state index contributed by atoms with van der Waals surface area (Å²) in [5.41, 5.74) is 1.62. The maximum Gasteiger partial charge on any atom is 0.270 e. The summed E-state index contributed by atoms with van der Waals surface area (Å²) in [6.45, 7) is 0.388. The topological polar surface area (TPSA) is 84.0 Å². The van der Waals surface area contributed by atoms with Crippen LogP contribution in [0.4, 0.5) is 0 Å². The third-order valence-electron chi connectivity index (χ3n) is 4.37. The number of amides is 2. The van der Waals surface area contributed by atoms with Crippen molar-refractivity contribution in [3.63, 3.8) is 0 Å². The predicted octanol–water partition coefficient (Wildman–Crippen LogP) is 2.47. The maximum atomic E-state index is 12.4. The Kier molecular flexibility index (Phi) is 5.72. The Bertz CT molecular complexity index is 727. The fourth-order valence-electron chi connectivity index (χ4n) is 2.99. The second-order valence-corrected chi connectivity index (χ2v) is 6.28. The van der Waals surface area contributed by atoms with E-state index in [1.165, 1.54) is 18.7 Å². The quantitative estimate of drug-likeness (QED) is 0.877. The molecule has 0 atom stereocenters. The van der Waals surface area contributed by atoms with E-state index in [1.807, 2.05) is 12.1 Å². The maximum absolute atomic E-state index is 12.4. The fourth-order valence-corrected chi connectivity index (χ4v) is 2.99. The Morgan fingerprint density at radius 1 is 1.08 bits per heavy atom. The highest BCUT2D eigenvalue weighted by Crippen LogP contribution is 2.17. The lowest BCUT2D eigenvalue weighted by atomic mass is 9.95. The molecule has 2 heterocycles. The van der Waals surface area contributed by atoms with Crippen LogP contribution in [0.2, 0.25) is 0 Å². The molecule has 6 heteroatoms. The molecule has 2 aromatic rings.